The molecule has 0 saturated carbocycles. The fraction of sp³-hybridized carbons (Fsp3) is 0.500. The summed E-state index contributed by atoms with van der Waals surface area (Å²) in [5.74, 6) is 1.12. The van der Waals surface area contributed by atoms with E-state index in [0.717, 1.165) is 6.42 Å². The van der Waals surface area contributed by atoms with Crippen LogP contribution >= 0.6 is 0 Å². The van der Waals surface area contributed by atoms with Crippen LogP contribution in [-0.4, -0.2) is 0 Å². The molecular weight excluding hydrogens is 288 g/mol. The predicted molar refractivity (Wildman–Crippen MR) is 107 cm³/mol. The van der Waals surface area contributed by atoms with Gasteiger partial charge in [0, 0.05) is 0 Å². The van der Waals surface area contributed by atoms with Crippen LogP contribution in [0.4, 0.5) is 0 Å². The smallest absolute Gasteiger partial charge is 0.0132 e. The molecule has 1 atom stereocenters. The molecule has 0 amide bonds. The molecule has 24 heavy (non-hydrogen) atoms. The van der Waals surface area contributed by atoms with E-state index in [1.165, 1.54) is 27.8 Å². The number of rotatable bonds is 4. The van der Waals surface area contributed by atoms with Crippen LogP contribution in [-0.2, 0) is 11.8 Å². The zero-order valence-electron chi connectivity index (χ0n) is 16.8. The molecular formula is C24H34. The molecule has 0 aromatic heterocycles. The van der Waals surface area contributed by atoms with Gasteiger partial charge in [0.1, 0.15) is 0 Å². The molecule has 0 N–H and O–H groups in total. The van der Waals surface area contributed by atoms with Crippen molar-refractivity contribution in [3.8, 4) is 0 Å². The van der Waals surface area contributed by atoms with Gasteiger partial charge in [-0.05, 0) is 65.3 Å². The molecule has 0 fully saturated rings. The largest absolute Gasteiger partial charge is 0.0587 e. The Hall–Kier alpha value is -1.56. The lowest BCUT2D eigenvalue weighted by Crippen LogP contribution is -2.11. The summed E-state index contributed by atoms with van der Waals surface area (Å²) < 4.78 is 0. The third-order valence-corrected chi connectivity index (χ3v) is 5.07. The summed E-state index contributed by atoms with van der Waals surface area (Å²) in [5, 5.41) is 0. The van der Waals surface area contributed by atoms with Crippen molar-refractivity contribution in [3.05, 3.63) is 69.8 Å². The van der Waals surface area contributed by atoms with Gasteiger partial charge < -0.3 is 0 Å². The zero-order chi connectivity index (χ0) is 18.1. The van der Waals surface area contributed by atoms with Gasteiger partial charge in [-0.3, -0.25) is 0 Å². The highest BCUT2D eigenvalue weighted by Gasteiger charge is 2.16. The number of benzene rings is 2. The quantitative estimate of drug-likeness (QED) is 0.564. The SMILES string of the molecule is Cc1cc(C)c(C(C)C)c(CC(C)c2ccc(C(C)(C)C)cc2)c1. The van der Waals surface area contributed by atoms with Crippen LogP contribution in [0.1, 0.15) is 86.8 Å². The predicted octanol–water partition coefficient (Wildman–Crippen LogP) is 7.07. The molecule has 0 saturated heterocycles. The van der Waals surface area contributed by atoms with Crippen LogP contribution in [0.25, 0.3) is 0 Å². The summed E-state index contributed by atoms with van der Waals surface area (Å²) in [5.41, 5.74) is 8.95. The van der Waals surface area contributed by atoms with E-state index in [1.54, 1.807) is 5.56 Å². The van der Waals surface area contributed by atoms with Gasteiger partial charge in [-0.15, -0.1) is 0 Å². The number of hydrogen-bond acceptors (Lipinski definition) is 0. The molecule has 2 aromatic carbocycles. The van der Waals surface area contributed by atoms with E-state index in [4.69, 9.17) is 0 Å². The topological polar surface area (TPSA) is 0 Å². The number of aryl methyl sites for hydroxylation is 2. The molecule has 2 aromatic rings. The molecule has 0 aliphatic heterocycles. The van der Waals surface area contributed by atoms with Crippen molar-refractivity contribution in [2.24, 2.45) is 0 Å². The summed E-state index contributed by atoms with van der Waals surface area (Å²) in [6.45, 7) is 18.3. The van der Waals surface area contributed by atoms with Gasteiger partial charge in [0.15, 0.2) is 0 Å². The van der Waals surface area contributed by atoms with Gasteiger partial charge in [0.05, 0.1) is 0 Å². The van der Waals surface area contributed by atoms with Crippen molar-refractivity contribution in [3.63, 3.8) is 0 Å². The minimum atomic E-state index is 0.222. The lowest BCUT2D eigenvalue weighted by Gasteiger charge is -2.22. The molecule has 0 radical (unpaired) electrons. The summed E-state index contributed by atoms with van der Waals surface area (Å²) in [6.07, 6.45) is 1.12. The van der Waals surface area contributed by atoms with Crippen LogP contribution in [0.3, 0.4) is 0 Å². The maximum absolute atomic E-state index is 2.39. The van der Waals surface area contributed by atoms with Crippen molar-refractivity contribution in [1.82, 2.24) is 0 Å². The minimum absolute atomic E-state index is 0.222. The summed E-state index contributed by atoms with van der Waals surface area (Å²) >= 11 is 0. The first-order chi connectivity index (χ1) is 11.1. The van der Waals surface area contributed by atoms with Gasteiger partial charge in [-0.2, -0.15) is 0 Å². The normalized spacial score (nSPS) is 13.4. The standard InChI is InChI=1S/C24H34/c1-16(2)23-19(5)13-17(3)14-21(23)15-18(4)20-9-11-22(12-10-20)24(6,7)8/h9-14,16,18H,15H2,1-8H3. The summed E-state index contributed by atoms with van der Waals surface area (Å²) in [4.78, 5) is 0. The van der Waals surface area contributed by atoms with Gasteiger partial charge in [-0.1, -0.05) is 83.5 Å². The van der Waals surface area contributed by atoms with E-state index < -0.39 is 0 Å². The van der Waals surface area contributed by atoms with Crippen molar-refractivity contribution < 1.29 is 0 Å². The average Bonchev–Trinajstić information content (AvgIpc) is 2.45. The first-order valence-corrected chi connectivity index (χ1v) is 9.30. The van der Waals surface area contributed by atoms with Crippen LogP contribution < -0.4 is 0 Å². The molecule has 0 spiro atoms. The minimum Gasteiger partial charge on any atom is -0.0587 e. The Morgan fingerprint density at radius 3 is 1.96 bits per heavy atom. The van der Waals surface area contributed by atoms with Gasteiger partial charge >= 0.3 is 0 Å². The fourth-order valence-electron chi connectivity index (χ4n) is 3.82. The van der Waals surface area contributed by atoms with Crippen LogP contribution in [0.15, 0.2) is 36.4 Å². The Morgan fingerprint density at radius 1 is 0.875 bits per heavy atom. The molecule has 0 aliphatic carbocycles. The molecule has 0 heterocycles. The molecule has 0 bridgehead atoms. The van der Waals surface area contributed by atoms with E-state index >= 15 is 0 Å². The van der Waals surface area contributed by atoms with E-state index in [9.17, 15) is 0 Å². The van der Waals surface area contributed by atoms with Gasteiger partial charge in [0.25, 0.3) is 0 Å². The van der Waals surface area contributed by atoms with Crippen LogP contribution in [0.2, 0.25) is 0 Å². The van der Waals surface area contributed by atoms with E-state index in [1.807, 2.05) is 0 Å². The van der Waals surface area contributed by atoms with E-state index in [2.05, 4.69) is 91.8 Å². The highest BCUT2D eigenvalue weighted by molar-refractivity contribution is 5.41. The third kappa shape index (κ3) is 4.29. The Balaban J connectivity index is 2.28. The lowest BCUT2D eigenvalue weighted by molar-refractivity contribution is 0.589. The summed E-state index contributed by atoms with van der Waals surface area (Å²) in [7, 11) is 0. The van der Waals surface area contributed by atoms with Gasteiger partial charge in [-0.25, -0.2) is 0 Å². The van der Waals surface area contributed by atoms with Crippen molar-refractivity contribution in [2.45, 2.75) is 79.1 Å². The fourth-order valence-corrected chi connectivity index (χ4v) is 3.82. The van der Waals surface area contributed by atoms with Crippen molar-refractivity contribution >= 4 is 0 Å². The second-order valence-electron chi connectivity index (χ2n) is 8.79. The Labute approximate surface area is 149 Å². The van der Waals surface area contributed by atoms with E-state index in [0.29, 0.717) is 11.8 Å². The Kier molecular flexibility index (Phi) is 5.58. The second kappa shape index (κ2) is 7.13. The average molecular weight is 323 g/mol. The number of hydrogen-bond donors (Lipinski definition) is 0. The van der Waals surface area contributed by atoms with Crippen molar-refractivity contribution in [1.29, 1.82) is 0 Å². The Morgan fingerprint density at radius 2 is 1.46 bits per heavy atom. The molecule has 1 unspecified atom stereocenters. The molecule has 0 aliphatic rings. The summed E-state index contributed by atoms with van der Waals surface area (Å²) in [6, 6.07) is 14.0. The molecule has 2 rings (SSSR count). The highest BCUT2D eigenvalue weighted by Crippen LogP contribution is 2.31. The maximum atomic E-state index is 2.39. The highest BCUT2D eigenvalue weighted by atomic mass is 14.2. The maximum Gasteiger partial charge on any atom is -0.0132 e. The second-order valence-corrected chi connectivity index (χ2v) is 8.79. The Bertz CT molecular complexity index is 681. The van der Waals surface area contributed by atoms with Gasteiger partial charge in [0.2, 0.25) is 0 Å². The van der Waals surface area contributed by atoms with Crippen molar-refractivity contribution in [2.75, 3.05) is 0 Å². The molecule has 0 nitrogen and oxygen atoms in total. The molecule has 130 valence electrons. The van der Waals surface area contributed by atoms with Crippen LogP contribution in [0.5, 0.6) is 0 Å². The first-order valence-electron chi connectivity index (χ1n) is 9.30. The zero-order valence-corrected chi connectivity index (χ0v) is 16.8. The lowest BCUT2D eigenvalue weighted by atomic mass is 9.83. The van der Waals surface area contributed by atoms with E-state index in [-0.39, 0.29) is 5.41 Å². The monoisotopic (exact) mass is 322 g/mol. The van der Waals surface area contributed by atoms with Crippen LogP contribution in [0, 0.1) is 13.8 Å². The third-order valence-electron chi connectivity index (χ3n) is 5.07. The first kappa shape index (κ1) is 18.8. The molecule has 0 heteroatoms.